The number of nitrogens with zero attached hydrogens (tertiary/aromatic N) is 2. The minimum absolute atomic E-state index is 0.0474. The van der Waals surface area contributed by atoms with Crippen molar-refractivity contribution in [1.82, 2.24) is 15.1 Å². The van der Waals surface area contributed by atoms with Gasteiger partial charge in [-0.1, -0.05) is 6.42 Å². The summed E-state index contributed by atoms with van der Waals surface area (Å²) in [6.07, 6.45) is 4.75. The molecule has 5 heteroatoms. The zero-order chi connectivity index (χ0) is 13.1. The van der Waals surface area contributed by atoms with Gasteiger partial charge in [0.05, 0.1) is 13.1 Å². The molecule has 1 aliphatic heterocycles. The summed E-state index contributed by atoms with van der Waals surface area (Å²) < 4.78 is 0. The SMILES string of the molecule is CNC1CCCC1CCN1CC(=O)N(C)CC1=O. The maximum Gasteiger partial charge on any atom is 0.242 e. The zero-order valence-corrected chi connectivity index (χ0v) is 11.3. The van der Waals surface area contributed by atoms with Crippen LogP contribution in [0.5, 0.6) is 0 Å². The fourth-order valence-corrected chi connectivity index (χ4v) is 3.05. The summed E-state index contributed by atoms with van der Waals surface area (Å²) in [6, 6.07) is 0.586. The lowest BCUT2D eigenvalue weighted by Gasteiger charge is -2.32. The summed E-state index contributed by atoms with van der Waals surface area (Å²) >= 11 is 0. The molecule has 1 aliphatic carbocycles. The Morgan fingerprint density at radius 2 is 2.00 bits per heavy atom. The summed E-state index contributed by atoms with van der Waals surface area (Å²) in [7, 11) is 3.69. The molecule has 1 saturated carbocycles. The summed E-state index contributed by atoms with van der Waals surface area (Å²) in [6.45, 7) is 1.21. The lowest BCUT2D eigenvalue weighted by molar-refractivity contribution is -0.148. The number of hydrogen-bond donors (Lipinski definition) is 1. The zero-order valence-electron chi connectivity index (χ0n) is 11.3. The Hall–Kier alpha value is -1.10. The molecule has 0 spiro atoms. The van der Waals surface area contributed by atoms with E-state index in [0.29, 0.717) is 12.0 Å². The molecule has 1 N–H and O–H groups in total. The average Bonchev–Trinajstić information content (AvgIpc) is 2.79. The fourth-order valence-electron chi connectivity index (χ4n) is 3.05. The van der Waals surface area contributed by atoms with Gasteiger partial charge in [-0.15, -0.1) is 0 Å². The van der Waals surface area contributed by atoms with Gasteiger partial charge in [-0.3, -0.25) is 9.59 Å². The van der Waals surface area contributed by atoms with Crippen molar-refractivity contribution in [3.05, 3.63) is 0 Å². The highest BCUT2D eigenvalue weighted by molar-refractivity contribution is 5.92. The Morgan fingerprint density at radius 3 is 2.72 bits per heavy atom. The maximum atomic E-state index is 11.8. The predicted octanol–water partition coefficient (Wildman–Crippen LogP) is 0.0652. The average molecular weight is 253 g/mol. The Bertz CT molecular complexity index is 332. The first-order valence-electron chi connectivity index (χ1n) is 6.81. The van der Waals surface area contributed by atoms with E-state index in [1.165, 1.54) is 24.2 Å². The standard InChI is InChI=1S/C13H23N3O2/c1-14-11-5-3-4-10(11)6-7-16-9-12(17)15(2)8-13(16)18/h10-11,14H,3-9H2,1-2H3. The summed E-state index contributed by atoms with van der Waals surface area (Å²) in [4.78, 5) is 26.6. The summed E-state index contributed by atoms with van der Waals surface area (Å²) in [5, 5.41) is 3.35. The van der Waals surface area contributed by atoms with E-state index in [4.69, 9.17) is 0 Å². The molecule has 2 rings (SSSR count). The van der Waals surface area contributed by atoms with Crippen molar-refractivity contribution in [3.8, 4) is 0 Å². The molecule has 2 unspecified atom stereocenters. The van der Waals surface area contributed by atoms with Crippen LogP contribution in [-0.4, -0.2) is 61.4 Å². The molecule has 1 saturated heterocycles. The third-order valence-electron chi connectivity index (χ3n) is 4.28. The quantitative estimate of drug-likeness (QED) is 0.771. The monoisotopic (exact) mass is 253 g/mol. The van der Waals surface area contributed by atoms with Gasteiger partial charge in [0.15, 0.2) is 0 Å². The number of piperazine rings is 1. The van der Waals surface area contributed by atoms with Gasteiger partial charge < -0.3 is 15.1 Å². The number of nitrogens with one attached hydrogen (secondary N) is 1. The normalized spacial score (nSPS) is 29.2. The molecule has 1 heterocycles. The number of carbonyl (C=O) groups excluding carboxylic acids is 2. The summed E-state index contributed by atoms with van der Waals surface area (Å²) in [5.41, 5.74) is 0. The molecule has 102 valence electrons. The van der Waals surface area contributed by atoms with E-state index in [0.717, 1.165) is 13.0 Å². The first-order chi connectivity index (χ1) is 8.61. The van der Waals surface area contributed by atoms with Crippen LogP contribution < -0.4 is 5.32 Å². The lowest BCUT2D eigenvalue weighted by Crippen LogP contribution is -2.52. The van der Waals surface area contributed by atoms with Gasteiger partial charge in [0.25, 0.3) is 0 Å². The molecule has 5 nitrogen and oxygen atoms in total. The van der Waals surface area contributed by atoms with Crippen molar-refractivity contribution in [2.45, 2.75) is 31.7 Å². The molecule has 2 aliphatic rings. The van der Waals surface area contributed by atoms with Crippen LogP contribution in [0, 0.1) is 5.92 Å². The number of carbonyl (C=O) groups is 2. The highest BCUT2D eigenvalue weighted by Crippen LogP contribution is 2.28. The third-order valence-corrected chi connectivity index (χ3v) is 4.28. The van der Waals surface area contributed by atoms with E-state index in [2.05, 4.69) is 5.32 Å². The Balaban J connectivity index is 1.82. The first kappa shape index (κ1) is 13.3. The highest BCUT2D eigenvalue weighted by Gasteiger charge is 2.30. The Kier molecular flexibility index (Phi) is 4.22. The van der Waals surface area contributed by atoms with Crippen LogP contribution in [0.25, 0.3) is 0 Å². The van der Waals surface area contributed by atoms with Gasteiger partial charge in [-0.05, 0) is 32.2 Å². The minimum atomic E-state index is 0.0474. The molecule has 18 heavy (non-hydrogen) atoms. The van der Waals surface area contributed by atoms with E-state index in [-0.39, 0.29) is 24.9 Å². The van der Waals surface area contributed by atoms with E-state index >= 15 is 0 Å². The largest absolute Gasteiger partial charge is 0.335 e. The van der Waals surface area contributed by atoms with E-state index in [1.54, 1.807) is 11.9 Å². The van der Waals surface area contributed by atoms with Crippen molar-refractivity contribution >= 4 is 11.8 Å². The van der Waals surface area contributed by atoms with Gasteiger partial charge in [-0.25, -0.2) is 0 Å². The van der Waals surface area contributed by atoms with Gasteiger partial charge in [-0.2, -0.15) is 0 Å². The molecular weight excluding hydrogens is 230 g/mol. The predicted molar refractivity (Wildman–Crippen MR) is 69.0 cm³/mol. The smallest absolute Gasteiger partial charge is 0.242 e. The molecule has 2 amide bonds. The fraction of sp³-hybridized carbons (Fsp3) is 0.846. The van der Waals surface area contributed by atoms with Crippen LogP contribution in [0.3, 0.4) is 0 Å². The van der Waals surface area contributed by atoms with E-state index in [1.807, 2.05) is 7.05 Å². The molecular formula is C13H23N3O2. The van der Waals surface area contributed by atoms with Crippen LogP contribution in [0.2, 0.25) is 0 Å². The maximum absolute atomic E-state index is 11.8. The van der Waals surface area contributed by atoms with Gasteiger partial charge in [0, 0.05) is 19.6 Å². The second kappa shape index (κ2) is 5.69. The van der Waals surface area contributed by atoms with Crippen LogP contribution in [-0.2, 0) is 9.59 Å². The molecule has 0 aromatic rings. The van der Waals surface area contributed by atoms with Gasteiger partial charge in [0.1, 0.15) is 0 Å². The number of likely N-dealkylation sites (N-methyl/N-ethyl adjacent to an activating group) is 1. The minimum Gasteiger partial charge on any atom is -0.335 e. The Labute approximate surface area is 108 Å². The molecule has 2 fully saturated rings. The van der Waals surface area contributed by atoms with Gasteiger partial charge in [0.2, 0.25) is 11.8 Å². The van der Waals surface area contributed by atoms with Crippen molar-refractivity contribution in [2.75, 3.05) is 33.7 Å². The third kappa shape index (κ3) is 2.83. The molecule has 0 aromatic carbocycles. The van der Waals surface area contributed by atoms with Crippen LogP contribution >= 0.6 is 0 Å². The molecule has 0 radical (unpaired) electrons. The van der Waals surface area contributed by atoms with Crippen molar-refractivity contribution in [3.63, 3.8) is 0 Å². The lowest BCUT2D eigenvalue weighted by atomic mass is 9.99. The van der Waals surface area contributed by atoms with E-state index < -0.39 is 0 Å². The summed E-state index contributed by atoms with van der Waals surface area (Å²) in [5.74, 6) is 0.778. The van der Waals surface area contributed by atoms with E-state index in [9.17, 15) is 9.59 Å². The van der Waals surface area contributed by atoms with Crippen molar-refractivity contribution in [2.24, 2.45) is 5.92 Å². The van der Waals surface area contributed by atoms with Crippen LogP contribution in [0.1, 0.15) is 25.7 Å². The molecule has 0 aromatic heterocycles. The molecule has 2 atom stereocenters. The number of rotatable bonds is 4. The Morgan fingerprint density at radius 1 is 1.22 bits per heavy atom. The topological polar surface area (TPSA) is 52.7 Å². The van der Waals surface area contributed by atoms with Crippen molar-refractivity contribution < 1.29 is 9.59 Å². The number of hydrogen-bond acceptors (Lipinski definition) is 3. The first-order valence-corrected chi connectivity index (χ1v) is 6.81. The van der Waals surface area contributed by atoms with Gasteiger partial charge >= 0.3 is 0 Å². The molecule has 0 bridgehead atoms. The second-order valence-electron chi connectivity index (χ2n) is 5.44. The van der Waals surface area contributed by atoms with Crippen LogP contribution in [0.15, 0.2) is 0 Å². The number of amides is 2. The highest BCUT2D eigenvalue weighted by atomic mass is 16.2. The van der Waals surface area contributed by atoms with Crippen LogP contribution in [0.4, 0.5) is 0 Å². The second-order valence-corrected chi connectivity index (χ2v) is 5.44. The van der Waals surface area contributed by atoms with Crippen molar-refractivity contribution in [1.29, 1.82) is 0 Å².